The van der Waals surface area contributed by atoms with Crippen LogP contribution in [0, 0.1) is 4.64 Å². The number of aryl methyl sites for hydroxylation is 1. The molecule has 22 heavy (non-hydrogen) atoms. The van der Waals surface area contributed by atoms with E-state index in [2.05, 4.69) is 15.0 Å². The molecule has 118 valence electrons. The van der Waals surface area contributed by atoms with Gasteiger partial charge in [-0.1, -0.05) is 38.4 Å². The summed E-state index contributed by atoms with van der Waals surface area (Å²) in [5, 5.41) is 0.308. The predicted molar refractivity (Wildman–Crippen MR) is 87.9 cm³/mol. The van der Waals surface area contributed by atoms with Gasteiger partial charge in [0.25, 0.3) is 5.56 Å². The van der Waals surface area contributed by atoms with Gasteiger partial charge in [0.2, 0.25) is 0 Å². The first-order chi connectivity index (χ1) is 10.6. The summed E-state index contributed by atoms with van der Waals surface area (Å²) < 4.78 is 1.83. The monoisotopic (exact) mass is 320 g/mol. The van der Waals surface area contributed by atoms with Gasteiger partial charge >= 0.3 is 5.69 Å². The Balaban J connectivity index is 2.26. The van der Waals surface area contributed by atoms with Gasteiger partial charge in [-0.05, 0) is 19.3 Å². The Bertz CT molecular complexity index is 858. The molecule has 1 saturated carbocycles. The minimum atomic E-state index is -0.462. The lowest BCUT2D eigenvalue weighted by atomic mass is 9.89. The van der Waals surface area contributed by atoms with Crippen molar-refractivity contribution in [2.75, 3.05) is 0 Å². The molecule has 2 aromatic heterocycles. The Morgan fingerprint density at radius 3 is 2.64 bits per heavy atom. The van der Waals surface area contributed by atoms with E-state index in [1.165, 1.54) is 19.3 Å². The van der Waals surface area contributed by atoms with Crippen molar-refractivity contribution in [3.8, 4) is 0 Å². The van der Waals surface area contributed by atoms with Crippen LogP contribution in [0.15, 0.2) is 9.59 Å². The van der Waals surface area contributed by atoms with E-state index >= 15 is 0 Å². The Morgan fingerprint density at radius 1 is 1.23 bits per heavy atom. The molecule has 2 heterocycles. The van der Waals surface area contributed by atoms with Gasteiger partial charge in [0.05, 0.1) is 0 Å². The summed E-state index contributed by atoms with van der Waals surface area (Å²) in [4.78, 5) is 34.2. The van der Waals surface area contributed by atoms with Crippen LogP contribution < -0.4 is 11.2 Å². The van der Waals surface area contributed by atoms with Crippen LogP contribution in [0.2, 0.25) is 0 Å². The minimum absolute atomic E-state index is 0.278. The molecule has 1 aliphatic carbocycles. The van der Waals surface area contributed by atoms with E-state index in [-0.39, 0.29) is 4.64 Å². The number of aromatic amines is 2. The predicted octanol–water partition coefficient (Wildman–Crippen LogP) is 2.60. The molecule has 7 heteroatoms. The first-order valence-corrected chi connectivity index (χ1v) is 8.29. The van der Waals surface area contributed by atoms with Crippen molar-refractivity contribution in [3.05, 3.63) is 31.3 Å². The third-order valence-corrected chi connectivity index (χ3v) is 4.62. The van der Waals surface area contributed by atoms with E-state index in [9.17, 15) is 9.59 Å². The summed E-state index contributed by atoms with van der Waals surface area (Å²) >= 11 is 5.32. The molecule has 1 fully saturated rings. The van der Waals surface area contributed by atoms with Crippen LogP contribution in [0.1, 0.15) is 57.2 Å². The molecule has 0 aromatic carbocycles. The van der Waals surface area contributed by atoms with E-state index < -0.39 is 11.2 Å². The summed E-state index contributed by atoms with van der Waals surface area (Å²) in [7, 11) is 0. The van der Waals surface area contributed by atoms with Gasteiger partial charge in [0, 0.05) is 12.5 Å². The molecule has 0 spiro atoms. The molecule has 3 rings (SSSR count). The van der Waals surface area contributed by atoms with E-state index in [4.69, 9.17) is 12.2 Å². The average molecular weight is 320 g/mol. The van der Waals surface area contributed by atoms with Crippen LogP contribution in [0.5, 0.6) is 0 Å². The number of nitrogens with one attached hydrogen (secondary N) is 2. The second kappa shape index (κ2) is 6.16. The zero-order chi connectivity index (χ0) is 15.7. The molecule has 1 aliphatic rings. The van der Waals surface area contributed by atoms with Crippen molar-refractivity contribution in [2.24, 2.45) is 0 Å². The van der Waals surface area contributed by atoms with Gasteiger partial charge in [-0.25, -0.2) is 9.78 Å². The molecule has 6 nitrogen and oxygen atoms in total. The average Bonchev–Trinajstić information content (AvgIpc) is 2.51. The van der Waals surface area contributed by atoms with Crippen LogP contribution in [-0.4, -0.2) is 19.5 Å². The molecular formula is C15H20N4O2S. The maximum atomic E-state index is 12.1. The van der Waals surface area contributed by atoms with E-state index in [0.717, 1.165) is 25.1 Å². The number of aromatic nitrogens is 4. The highest BCUT2D eigenvalue weighted by Crippen LogP contribution is 2.30. The molecule has 0 amide bonds. The van der Waals surface area contributed by atoms with Gasteiger partial charge < -0.3 is 4.98 Å². The van der Waals surface area contributed by atoms with E-state index in [1.54, 1.807) is 4.57 Å². The fraction of sp³-hybridized carbons (Fsp3) is 0.600. The van der Waals surface area contributed by atoms with Crippen LogP contribution in [0.4, 0.5) is 0 Å². The first-order valence-electron chi connectivity index (χ1n) is 7.89. The second-order valence-corrected chi connectivity index (χ2v) is 6.28. The zero-order valence-corrected chi connectivity index (χ0v) is 13.5. The van der Waals surface area contributed by atoms with E-state index in [1.807, 2.05) is 6.92 Å². The topological polar surface area (TPSA) is 83.5 Å². The van der Waals surface area contributed by atoms with Crippen molar-refractivity contribution >= 4 is 23.3 Å². The highest BCUT2D eigenvalue weighted by molar-refractivity contribution is 7.71. The molecular weight excluding hydrogens is 300 g/mol. The zero-order valence-electron chi connectivity index (χ0n) is 12.6. The molecule has 0 radical (unpaired) electrons. The van der Waals surface area contributed by atoms with Gasteiger partial charge in [0.1, 0.15) is 21.5 Å². The fourth-order valence-electron chi connectivity index (χ4n) is 3.22. The number of nitrogens with zero attached hydrogens (tertiary/aromatic N) is 2. The van der Waals surface area contributed by atoms with Crippen LogP contribution in [0.25, 0.3) is 11.0 Å². The van der Waals surface area contributed by atoms with E-state index in [0.29, 0.717) is 23.5 Å². The quantitative estimate of drug-likeness (QED) is 0.852. The third kappa shape index (κ3) is 2.65. The van der Waals surface area contributed by atoms with Gasteiger partial charge in [-0.2, -0.15) is 0 Å². The van der Waals surface area contributed by atoms with Crippen molar-refractivity contribution in [3.63, 3.8) is 0 Å². The number of H-pyrrole nitrogens is 2. The number of hydrogen-bond donors (Lipinski definition) is 2. The summed E-state index contributed by atoms with van der Waals surface area (Å²) in [6.07, 6.45) is 6.56. The van der Waals surface area contributed by atoms with Crippen LogP contribution in [-0.2, 0) is 6.54 Å². The summed E-state index contributed by atoms with van der Waals surface area (Å²) in [5.74, 6) is 1.15. The largest absolute Gasteiger partial charge is 0.329 e. The SMILES string of the molecule is CCCn1c(=O)[nH]c(=O)c2c(=S)nc(C3CCCCC3)[nH]c21. The maximum Gasteiger partial charge on any atom is 0.329 e. The fourth-order valence-corrected chi connectivity index (χ4v) is 3.51. The lowest BCUT2D eigenvalue weighted by Gasteiger charge is -2.21. The Kier molecular flexibility index (Phi) is 4.24. The smallest absolute Gasteiger partial charge is 0.329 e. The van der Waals surface area contributed by atoms with Crippen molar-refractivity contribution in [1.82, 2.24) is 19.5 Å². The van der Waals surface area contributed by atoms with Gasteiger partial charge in [-0.3, -0.25) is 14.3 Å². The third-order valence-electron chi connectivity index (χ3n) is 4.32. The molecule has 2 aromatic rings. The highest BCUT2D eigenvalue weighted by Gasteiger charge is 2.20. The lowest BCUT2D eigenvalue weighted by molar-refractivity contribution is 0.428. The normalized spacial score (nSPS) is 16.2. The highest BCUT2D eigenvalue weighted by atomic mass is 32.1. The molecule has 0 bridgehead atoms. The summed E-state index contributed by atoms with van der Waals surface area (Å²) in [5.41, 5.74) is -0.349. The molecule has 0 unspecified atom stereocenters. The van der Waals surface area contributed by atoms with Crippen molar-refractivity contribution in [1.29, 1.82) is 0 Å². The number of fused-ring (bicyclic) bond motifs is 1. The van der Waals surface area contributed by atoms with Crippen LogP contribution in [0.3, 0.4) is 0 Å². The Labute approximate surface area is 132 Å². The second-order valence-electron chi connectivity index (χ2n) is 5.90. The van der Waals surface area contributed by atoms with Gasteiger partial charge in [0.15, 0.2) is 0 Å². The first kappa shape index (κ1) is 15.1. The number of hydrogen-bond acceptors (Lipinski definition) is 4. The Morgan fingerprint density at radius 2 is 1.95 bits per heavy atom. The standard InChI is InChI=1S/C15H20N4O2S/c1-2-8-19-12-10(13(20)18-15(19)21)14(22)17-11(16-12)9-6-4-3-5-7-9/h9H,2-8H2,1H3,(H,16,17,22)(H,18,20,21). The number of rotatable bonds is 3. The van der Waals surface area contributed by atoms with Gasteiger partial charge in [-0.15, -0.1) is 0 Å². The van der Waals surface area contributed by atoms with Crippen molar-refractivity contribution in [2.45, 2.75) is 57.9 Å². The molecule has 0 atom stereocenters. The lowest BCUT2D eigenvalue weighted by Crippen LogP contribution is -2.31. The van der Waals surface area contributed by atoms with Crippen LogP contribution >= 0.6 is 12.2 Å². The maximum absolute atomic E-state index is 12.1. The molecule has 2 N–H and O–H groups in total. The minimum Gasteiger partial charge on any atom is -0.329 e. The molecule has 0 aliphatic heterocycles. The molecule has 0 saturated heterocycles. The Hall–Kier alpha value is -1.76. The van der Waals surface area contributed by atoms with Crippen molar-refractivity contribution < 1.29 is 0 Å². The summed E-state index contributed by atoms with van der Waals surface area (Å²) in [6.45, 7) is 2.52. The summed E-state index contributed by atoms with van der Waals surface area (Å²) in [6, 6.07) is 0.